The number of hydrogen-bond acceptors (Lipinski definition) is 4. The predicted molar refractivity (Wildman–Crippen MR) is 116 cm³/mol. The first-order chi connectivity index (χ1) is 13.4. The van der Waals surface area contributed by atoms with E-state index in [2.05, 4.69) is 5.10 Å². The number of aromatic nitrogens is 2. The van der Waals surface area contributed by atoms with Gasteiger partial charge in [-0.3, -0.25) is 4.79 Å². The SMILES string of the molecule is COc1ccc(-c2cc(CN(C)C)c(=O)n(Cc3ccc(Cl)cc3)n2)cc1F.Cl. The summed E-state index contributed by atoms with van der Waals surface area (Å²) in [4.78, 5) is 14.8. The van der Waals surface area contributed by atoms with Gasteiger partial charge in [0.2, 0.25) is 0 Å². The van der Waals surface area contributed by atoms with Crippen molar-refractivity contribution in [3.05, 3.63) is 80.9 Å². The Bertz CT molecular complexity index is 1040. The Kier molecular flexibility index (Phi) is 7.79. The summed E-state index contributed by atoms with van der Waals surface area (Å²) < 4.78 is 20.5. The molecule has 0 aliphatic heterocycles. The molecule has 29 heavy (non-hydrogen) atoms. The van der Waals surface area contributed by atoms with Crippen LogP contribution >= 0.6 is 24.0 Å². The summed E-state index contributed by atoms with van der Waals surface area (Å²) in [5.41, 5.74) is 2.39. The van der Waals surface area contributed by atoms with Crippen molar-refractivity contribution >= 4 is 24.0 Å². The van der Waals surface area contributed by atoms with E-state index in [0.717, 1.165) is 5.56 Å². The molecular weight excluding hydrogens is 416 g/mol. The minimum atomic E-state index is -0.480. The molecule has 2 aromatic carbocycles. The molecule has 0 bridgehead atoms. The molecule has 1 heterocycles. The van der Waals surface area contributed by atoms with Crippen LogP contribution in [0.15, 0.2) is 53.3 Å². The molecule has 8 heteroatoms. The van der Waals surface area contributed by atoms with Crippen LogP contribution in [-0.4, -0.2) is 35.9 Å². The van der Waals surface area contributed by atoms with Crippen LogP contribution < -0.4 is 10.3 Å². The van der Waals surface area contributed by atoms with Crippen LogP contribution in [0.25, 0.3) is 11.3 Å². The van der Waals surface area contributed by atoms with E-state index in [1.165, 1.54) is 17.9 Å². The second kappa shape index (κ2) is 9.87. The summed E-state index contributed by atoms with van der Waals surface area (Å²) in [6, 6.07) is 13.6. The minimum absolute atomic E-state index is 0. The number of rotatable bonds is 6. The summed E-state index contributed by atoms with van der Waals surface area (Å²) in [6.45, 7) is 0.747. The molecule has 0 radical (unpaired) electrons. The Morgan fingerprint density at radius 1 is 1.14 bits per heavy atom. The molecule has 3 rings (SSSR count). The monoisotopic (exact) mass is 437 g/mol. The zero-order chi connectivity index (χ0) is 20.3. The lowest BCUT2D eigenvalue weighted by atomic mass is 10.1. The van der Waals surface area contributed by atoms with E-state index >= 15 is 0 Å². The lowest BCUT2D eigenvalue weighted by Crippen LogP contribution is -2.29. The fourth-order valence-corrected chi connectivity index (χ4v) is 3.01. The Labute approximate surface area is 180 Å². The highest BCUT2D eigenvalue weighted by Gasteiger charge is 2.13. The van der Waals surface area contributed by atoms with Gasteiger partial charge in [0.15, 0.2) is 11.6 Å². The average Bonchev–Trinajstić information content (AvgIpc) is 2.66. The zero-order valence-electron chi connectivity index (χ0n) is 16.4. The van der Waals surface area contributed by atoms with Crippen molar-refractivity contribution in [2.75, 3.05) is 21.2 Å². The van der Waals surface area contributed by atoms with Crippen molar-refractivity contribution in [3.63, 3.8) is 0 Å². The Balaban J connectivity index is 0.00000300. The van der Waals surface area contributed by atoms with Crippen LogP contribution in [-0.2, 0) is 13.1 Å². The first-order valence-electron chi connectivity index (χ1n) is 8.71. The van der Waals surface area contributed by atoms with Gasteiger partial charge >= 0.3 is 0 Å². The maximum Gasteiger partial charge on any atom is 0.271 e. The summed E-state index contributed by atoms with van der Waals surface area (Å²) >= 11 is 5.94. The van der Waals surface area contributed by atoms with Crippen molar-refractivity contribution in [1.29, 1.82) is 0 Å². The van der Waals surface area contributed by atoms with Gasteiger partial charge < -0.3 is 9.64 Å². The van der Waals surface area contributed by atoms with Gasteiger partial charge in [-0.05, 0) is 56.1 Å². The molecule has 0 spiro atoms. The standard InChI is InChI=1S/C21H21ClFN3O2.ClH/c1-25(2)13-16-11-19(15-6-9-20(28-3)18(23)10-15)24-26(21(16)27)12-14-4-7-17(22)8-5-14;/h4-11H,12-13H2,1-3H3;1H. The Hall–Kier alpha value is -2.41. The van der Waals surface area contributed by atoms with Crippen molar-refractivity contribution in [2.45, 2.75) is 13.1 Å². The van der Waals surface area contributed by atoms with Gasteiger partial charge in [0.05, 0.1) is 19.3 Å². The van der Waals surface area contributed by atoms with Crippen LogP contribution in [0, 0.1) is 5.82 Å². The van der Waals surface area contributed by atoms with E-state index in [1.807, 2.05) is 31.1 Å². The maximum atomic E-state index is 14.2. The first-order valence-corrected chi connectivity index (χ1v) is 9.09. The fraction of sp³-hybridized carbons (Fsp3) is 0.238. The molecule has 1 aromatic heterocycles. The third kappa shape index (κ3) is 5.56. The summed E-state index contributed by atoms with van der Waals surface area (Å²) in [5, 5.41) is 5.09. The summed E-state index contributed by atoms with van der Waals surface area (Å²) in [6.07, 6.45) is 0. The van der Waals surface area contributed by atoms with Crippen molar-refractivity contribution in [1.82, 2.24) is 14.7 Å². The molecular formula is C21H22Cl2FN3O2. The lowest BCUT2D eigenvalue weighted by molar-refractivity contribution is 0.386. The number of hydrogen-bond donors (Lipinski definition) is 0. The van der Waals surface area contributed by atoms with Gasteiger partial charge in [0, 0.05) is 22.7 Å². The maximum absolute atomic E-state index is 14.2. The molecule has 0 atom stereocenters. The largest absolute Gasteiger partial charge is 0.494 e. The molecule has 5 nitrogen and oxygen atoms in total. The third-order valence-electron chi connectivity index (χ3n) is 4.23. The first kappa shape index (κ1) is 22.9. The van der Waals surface area contributed by atoms with E-state index in [0.29, 0.717) is 34.9 Å². The molecule has 0 amide bonds. The van der Waals surface area contributed by atoms with Gasteiger partial charge in [0.1, 0.15) is 0 Å². The van der Waals surface area contributed by atoms with Crippen LogP contribution in [0.1, 0.15) is 11.1 Å². The highest BCUT2D eigenvalue weighted by atomic mass is 35.5. The Morgan fingerprint density at radius 2 is 1.83 bits per heavy atom. The van der Waals surface area contributed by atoms with Crippen LogP contribution in [0.4, 0.5) is 4.39 Å². The quantitative estimate of drug-likeness (QED) is 0.578. The second-order valence-electron chi connectivity index (χ2n) is 6.73. The highest BCUT2D eigenvalue weighted by molar-refractivity contribution is 6.30. The lowest BCUT2D eigenvalue weighted by Gasteiger charge is -2.14. The molecule has 0 aliphatic carbocycles. The second-order valence-corrected chi connectivity index (χ2v) is 7.17. The molecule has 3 aromatic rings. The van der Waals surface area contributed by atoms with Crippen LogP contribution in [0.2, 0.25) is 5.02 Å². The van der Waals surface area contributed by atoms with Crippen molar-refractivity contribution in [2.24, 2.45) is 0 Å². The number of ether oxygens (including phenoxy) is 1. The fourth-order valence-electron chi connectivity index (χ4n) is 2.89. The molecule has 0 aliphatic rings. The van der Waals surface area contributed by atoms with Crippen LogP contribution in [0.5, 0.6) is 5.75 Å². The normalized spacial score (nSPS) is 10.7. The summed E-state index contributed by atoms with van der Waals surface area (Å²) in [5.74, 6) is -0.321. The van der Waals surface area contributed by atoms with Gasteiger partial charge in [0.25, 0.3) is 5.56 Å². The van der Waals surface area contributed by atoms with Crippen molar-refractivity contribution in [3.8, 4) is 17.0 Å². The smallest absolute Gasteiger partial charge is 0.271 e. The number of halogens is 3. The number of nitrogens with zero attached hydrogens (tertiary/aromatic N) is 3. The van der Waals surface area contributed by atoms with Gasteiger partial charge in [-0.1, -0.05) is 23.7 Å². The van der Waals surface area contributed by atoms with E-state index < -0.39 is 5.82 Å². The van der Waals surface area contributed by atoms with Crippen molar-refractivity contribution < 1.29 is 9.13 Å². The Morgan fingerprint density at radius 3 is 2.41 bits per heavy atom. The average molecular weight is 438 g/mol. The van der Waals surface area contributed by atoms with Gasteiger partial charge in [-0.15, -0.1) is 12.4 Å². The van der Waals surface area contributed by atoms with E-state index in [9.17, 15) is 9.18 Å². The summed E-state index contributed by atoms with van der Waals surface area (Å²) in [7, 11) is 5.18. The molecule has 0 saturated heterocycles. The molecule has 154 valence electrons. The number of methoxy groups -OCH3 is 1. The molecule has 0 N–H and O–H groups in total. The zero-order valence-corrected chi connectivity index (χ0v) is 17.9. The third-order valence-corrected chi connectivity index (χ3v) is 4.48. The van der Waals surface area contributed by atoms with E-state index in [1.54, 1.807) is 30.3 Å². The van der Waals surface area contributed by atoms with E-state index in [-0.39, 0.29) is 23.7 Å². The van der Waals surface area contributed by atoms with Gasteiger partial charge in [-0.25, -0.2) is 9.07 Å². The number of benzene rings is 2. The highest BCUT2D eigenvalue weighted by Crippen LogP contribution is 2.24. The van der Waals surface area contributed by atoms with Gasteiger partial charge in [-0.2, -0.15) is 5.10 Å². The topological polar surface area (TPSA) is 47.4 Å². The van der Waals surface area contributed by atoms with E-state index in [4.69, 9.17) is 16.3 Å². The predicted octanol–water partition coefficient (Wildman–Crippen LogP) is 4.24. The van der Waals surface area contributed by atoms with Crippen LogP contribution in [0.3, 0.4) is 0 Å². The molecule has 0 saturated carbocycles. The minimum Gasteiger partial charge on any atom is -0.494 e. The molecule has 0 fully saturated rings. The molecule has 0 unspecified atom stereocenters.